The third kappa shape index (κ3) is 3.65. The van der Waals surface area contributed by atoms with Crippen LogP contribution in [0.2, 0.25) is 0 Å². The van der Waals surface area contributed by atoms with Gasteiger partial charge in [0.05, 0.1) is 0 Å². The van der Waals surface area contributed by atoms with E-state index in [0.29, 0.717) is 0 Å². The zero-order valence-electron chi connectivity index (χ0n) is 10.3. The number of aryl methyl sites for hydroxylation is 3. The quantitative estimate of drug-likeness (QED) is 0.685. The van der Waals surface area contributed by atoms with Crippen molar-refractivity contribution in [3.05, 3.63) is 29.1 Å². The van der Waals surface area contributed by atoms with E-state index in [-0.39, 0.29) is 0 Å². The van der Waals surface area contributed by atoms with Gasteiger partial charge in [0.1, 0.15) is 0 Å². The first-order valence-corrected chi connectivity index (χ1v) is 6.28. The summed E-state index contributed by atoms with van der Waals surface area (Å²) in [5, 5.41) is 0. The highest BCUT2D eigenvalue weighted by Crippen LogP contribution is 2.14. The lowest BCUT2D eigenvalue weighted by atomic mass is 10.0. The monoisotopic (exact) mass is 205 g/mol. The van der Waals surface area contributed by atoms with Crippen LogP contribution in [0.15, 0.2) is 12.3 Å². The van der Waals surface area contributed by atoms with Crippen molar-refractivity contribution in [1.82, 2.24) is 4.98 Å². The molecule has 0 unspecified atom stereocenters. The summed E-state index contributed by atoms with van der Waals surface area (Å²) in [4.78, 5) is 4.61. The van der Waals surface area contributed by atoms with Crippen LogP contribution in [-0.2, 0) is 19.3 Å². The Morgan fingerprint density at radius 3 is 2.20 bits per heavy atom. The summed E-state index contributed by atoms with van der Waals surface area (Å²) >= 11 is 0. The summed E-state index contributed by atoms with van der Waals surface area (Å²) in [5.74, 6) is 0. The van der Waals surface area contributed by atoms with Gasteiger partial charge in [0.25, 0.3) is 0 Å². The van der Waals surface area contributed by atoms with E-state index in [4.69, 9.17) is 0 Å². The number of nitrogens with zero attached hydrogens (tertiary/aromatic N) is 1. The highest BCUT2D eigenvalue weighted by molar-refractivity contribution is 5.26. The minimum atomic E-state index is 1.13. The van der Waals surface area contributed by atoms with E-state index in [1.165, 1.54) is 42.5 Å². The fourth-order valence-corrected chi connectivity index (χ4v) is 1.96. The molecule has 1 heterocycles. The molecule has 15 heavy (non-hydrogen) atoms. The SMILES string of the molecule is CCCc1cnc(CCC)c(CCC)c1. The van der Waals surface area contributed by atoms with Gasteiger partial charge in [-0.3, -0.25) is 4.98 Å². The Bertz CT molecular complexity index is 291. The second-order valence-corrected chi connectivity index (χ2v) is 4.20. The summed E-state index contributed by atoms with van der Waals surface area (Å²) in [6.45, 7) is 6.68. The number of aromatic nitrogens is 1. The Hall–Kier alpha value is -0.850. The van der Waals surface area contributed by atoms with Gasteiger partial charge < -0.3 is 0 Å². The van der Waals surface area contributed by atoms with Crippen LogP contribution in [0.4, 0.5) is 0 Å². The minimum absolute atomic E-state index is 1.13. The molecule has 0 bridgehead atoms. The maximum absolute atomic E-state index is 4.61. The molecular formula is C14H23N. The van der Waals surface area contributed by atoms with E-state index in [0.717, 1.165) is 12.8 Å². The summed E-state index contributed by atoms with van der Waals surface area (Å²) in [6.07, 6.45) is 9.15. The van der Waals surface area contributed by atoms with Crippen LogP contribution in [0.1, 0.15) is 56.9 Å². The van der Waals surface area contributed by atoms with Crippen molar-refractivity contribution in [3.63, 3.8) is 0 Å². The molecule has 84 valence electrons. The molecule has 1 rings (SSSR count). The molecule has 0 aromatic carbocycles. The summed E-state index contributed by atoms with van der Waals surface area (Å²) in [7, 11) is 0. The van der Waals surface area contributed by atoms with Crippen molar-refractivity contribution in [1.29, 1.82) is 0 Å². The lowest BCUT2D eigenvalue weighted by Gasteiger charge is -2.09. The van der Waals surface area contributed by atoms with Gasteiger partial charge in [-0.05, 0) is 30.4 Å². The maximum Gasteiger partial charge on any atom is 0.0435 e. The van der Waals surface area contributed by atoms with Crippen LogP contribution in [0.5, 0.6) is 0 Å². The average Bonchev–Trinajstić information content (AvgIpc) is 2.23. The minimum Gasteiger partial charge on any atom is -0.261 e. The van der Waals surface area contributed by atoms with Gasteiger partial charge in [-0.1, -0.05) is 46.1 Å². The first kappa shape index (κ1) is 12.2. The predicted molar refractivity (Wildman–Crippen MR) is 66.2 cm³/mol. The molecule has 0 N–H and O–H groups in total. The van der Waals surface area contributed by atoms with Crippen LogP contribution in [-0.4, -0.2) is 4.98 Å². The van der Waals surface area contributed by atoms with Crippen molar-refractivity contribution < 1.29 is 0 Å². The topological polar surface area (TPSA) is 12.9 Å². The summed E-state index contributed by atoms with van der Waals surface area (Å²) in [5.41, 5.74) is 4.20. The number of pyridine rings is 1. The zero-order chi connectivity index (χ0) is 11.1. The highest BCUT2D eigenvalue weighted by Gasteiger charge is 2.04. The zero-order valence-corrected chi connectivity index (χ0v) is 10.3. The lowest BCUT2D eigenvalue weighted by molar-refractivity contribution is 0.815. The molecule has 0 spiro atoms. The molecule has 0 saturated heterocycles. The largest absolute Gasteiger partial charge is 0.261 e. The first-order valence-electron chi connectivity index (χ1n) is 6.28. The van der Waals surface area contributed by atoms with Gasteiger partial charge >= 0.3 is 0 Å². The van der Waals surface area contributed by atoms with Gasteiger partial charge in [-0.25, -0.2) is 0 Å². The van der Waals surface area contributed by atoms with Gasteiger partial charge in [0, 0.05) is 11.9 Å². The van der Waals surface area contributed by atoms with E-state index < -0.39 is 0 Å². The molecule has 0 aliphatic heterocycles. The Labute approximate surface area is 93.9 Å². The molecule has 0 atom stereocenters. The number of hydrogen-bond donors (Lipinski definition) is 0. The second kappa shape index (κ2) is 6.60. The molecule has 0 aliphatic rings. The molecule has 1 heteroatoms. The molecule has 0 saturated carbocycles. The molecule has 1 nitrogen and oxygen atoms in total. The molecule has 0 radical (unpaired) electrons. The van der Waals surface area contributed by atoms with Gasteiger partial charge in [0.2, 0.25) is 0 Å². The molecule has 0 aliphatic carbocycles. The normalized spacial score (nSPS) is 10.6. The van der Waals surface area contributed by atoms with Crippen molar-refractivity contribution >= 4 is 0 Å². The lowest BCUT2D eigenvalue weighted by Crippen LogP contribution is -2.00. The summed E-state index contributed by atoms with van der Waals surface area (Å²) in [6, 6.07) is 2.37. The third-order valence-corrected chi connectivity index (χ3v) is 2.66. The van der Waals surface area contributed by atoms with Crippen LogP contribution < -0.4 is 0 Å². The van der Waals surface area contributed by atoms with Crippen molar-refractivity contribution in [3.8, 4) is 0 Å². The van der Waals surface area contributed by atoms with E-state index in [1.807, 2.05) is 0 Å². The molecular weight excluding hydrogens is 182 g/mol. The summed E-state index contributed by atoms with van der Waals surface area (Å²) < 4.78 is 0. The Morgan fingerprint density at radius 1 is 0.933 bits per heavy atom. The molecule has 0 fully saturated rings. The van der Waals surface area contributed by atoms with Gasteiger partial charge in [0.15, 0.2) is 0 Å². The Kier molecular flexibility index (Phi) is 5.38. The van der Waals surface area contributed by atoms with Crippen LogP contribution in [0, 0.1) is 0 Å². The predicted octanol–water partition coefficient (Wildman–Crippen LogP) is 3.94. The smallest absolute Gasteiger partial charge is 0.0435 e. The molecule has 0 amide bonds. The van der Waals surface area contributed by atoms with Crippen LogP contribution in [0.25, 0.3) is 0 Å². The fourth-order valence-electron chi connectivity index (χ4n) is 1.96. The first-order chi connectivity index (χ1) is 7.31. The highest BCUT2D eigenvalue weighted by atomic mass is 14.7. The van der Waals surface area contributed by atoms with Crippen LogP contribution >= 0.6 is 0 Å². The van der Waals surface area contributed by atoms with E-state index >= 15 is 0 Å². The fraction of sp³-hybridized carbons (Fsp3) is 0.643. The average molecular weight is 205 g/mol. The van der Waals surface area contributed by atoms with Gasteiger partial charge in [-0.2, -0.15) is 0 Å². The van der Waals surface area contributed by atoms with Crippen molar-refractivity contribution in [2.45, 2.75) is 59.3 Å². The third-order valence-electron chi connectivity index (χ3n) is 2.66. The van der Waals surface area contributed by atoms with Gasteiger partial charge in [-0.15, -0.1) is 0 Å². The Balaban J connectivity index is 2.87. The second-order valence-electron chi connectivity index (χ2n) is 4.20. The maximum atomic E-state index is 4.61. The van der Waals surface area contributed by atoms with Crippen LogP contribution in [0.3, 0.4) is 0 Å². The molecule has 1 aromatic heterocycles. The van der Waals surface area contributed by atoms with E-state index in [1.54, 1.807) is 0 Å². The number of hydrogen-bond acceptors (Lipinski definition) is 1. The van der Waals surface area contributed by atoms with E-state index in [2.05, 4.69) is 38.0 Å². The Morgan fingerprint density at radius 2 is 1.60 bits per heavy atom. The number of rotatable bonds is 6. The molecule has 1 aromatic rings. The van der Waals surface area contributed by atoms with E-state index in [9.17, 15) is 0 Å². The van der Waals surface area contributed by atoms with Crippen molar-refractivity contribution in [2.75, 3.05) is 0 Å². The van der Waals surface area contributed by atoms with Crippen molar-refractivity contribution in [2.24, 2.45) is 0 Å². The standard InChI is InChI=1S/C14H23N/c1-4-7-12-10-13(8-5-2)14(9-6-3)15-11-12/h10-11H,4-9H2,1-3H3.